The number of nitrogens with one attached hydrogen (secondary N) is 2. The molecule has 0 saturated heterocycles. The van der Waals surface area contributed by atoms with Gasteiger partial charge in [-0.1, -0.05) is 24.3 Å². The normalized spacial score (nSPS) is 28.2. The summed E-state index contributed by atoms with van der Waals surface area (Å²) in [6.07, 6.45) is 8.50. The molecule has 6 rings (SSSR count). The van der Waals surface area contributed by atoms with Crippen molar-refractivity contribution in [2.75, 3.05) is 16.4 Å². The molecule has 4 aliphatic rings. The highest BCUT2D eigenvalue weighted by Crippen LogP contribution is 2.56. The van der Waals surface area contributed by atoms with Crippen LogP contribution in [0.3, 0.4) is 0 Å². The molecule has 4 bridgehead atoms. The number of carbonyl (C=O) groups is 1. The van der Waals surface area contributed by atoms with Gasteiger partial charge < -0.3 is 16.4 Å². The highest BCUT2D eigenvalue weighted by molar-refractivity contribution is 5.95. The maximum atomic E-state index is 12.6. The Morgan fingerprint density at radius 3 is 1.97 bits per heavy atom. The minimum absolute atomic E-state index is 0. The molecule has 2 aromatic rings. The van der Waals surface area contributed by atoms with E-state index < -0.39 is 0 Å². The Morgan fingerprint density at radius 2 is 1.40 bits per heavy atom. The fourth-order valence-corrected chi connectivity index (χ4v) is 6.27. The Morgan fingerprint density at radius 1 is 0.867 bits per heavy atom. The summed E-state index contributed by atoms with van der Waals surface area (Å²) in [6.45, 7) is 0. The molecule has 2 aromatic carbocycles. The third-order valence-corrected chi connectivity index (χ3v) is 6.98. The number of para-hydroxylation sites is 2. The molecule has 162 valence electrons. The fraction of sp³-hybridized carbons (Fsp3) is 0.458. The van der Waals surface area contributed by atoms with E-state index in [4.69, 9.17) is 5.73 Å². The highest BCUT2D eigenvalue weighted by Gasteiger charge is 2.51. The molecule has 4 saturated carbocycles. The van der Waals surface area contributed by atoms with Crippen molar-refractivity contribution in [1.29, 1.82) is 0 Å². The van der Waals surface area contributed by atoms with E-state index in [-0.39, 0.29) is 36.3 Å². The van der Waals surface area contributed by atoms with Gasteiger partial charge in [0.25, 0.3) is 0 Å². The average molecular weight is 448 g/mol. The molecule has 4 nitrogen and oxygen atoms in total. The van der Waals surface area contributed by atoms with Crippen LogP contribution < -0.4 is 16.4 Å². The summed E-state index contributed by atoms with van der Waals surface area (Å²) in [7, 11) is 0. The van der Waals surface area contributed by atoms with Crippen LogP contribution >= 0.6 is 24.8 Å². The van der Waals surface area contributed by atoms with Gasteiger partial charge >= 0.3 is 0 Å². The van der Waals surface area contributed by atoms with Gasteiger partial charge in [0.05, 0.1) is 17.8 Å². The number of hydrogen-bond donors (Lipinski definition) is 3. The number of nitrogen functional groups attached to an aromatic ring is 1. The SMILES string of the molecule is Cl.Cl.Nc1ccc(CC(=O)Nc2ccccc2NC23CC4CC(CC(C4)C2)C3)cc1. The summed E-state index contributed by atoms with van der Waals surface area (Å²) < 4.78 is 0. The molecule has 4 aliphatic carbocycles. The van der Waals surface area contributed by atoms with Crippen molar-refractivity contribution in [3.63, 3.8) is 0 Å². The van der Waals surface area contributed by atoms with Crippen LogP contribution in [0.5, 0.6) is 0 Å². The molecule has 0 atom stereocenters. The van der Waals surface area contributed by atoms with Crippen LogP contribution in [0.15, 0.2) is 48.5 Å². The van der Waals surface area contributed by atoms with Gasteiger partial charge in [-0.15, -0.1) is 24.8 Å². The van der Waals surface area contributed by atoms with Crippen LogP contribution in [-0.2, 0) is 11.2 Å². The van der Waals surface area contributed by atoms with E-state index in [0.717, 1.165) is 34.7 Å². The van der Waals surface area contributed by atoms with Gasteiger partial charge in [0.2, 0.25) is 5.91 Å². The third-order valence-electron chi connectivity index (χ3n) is 6.98. The van der Waals surface area contributed by atoms with Crippen LogP contribution in [-0.4, -0.2) is 11.4 Å². The van der Waals surface area contributed by atoms with Gasteiger partial charge in [0.15, 0.2) is 0 Å². The van der Waals surface area contributed by atoms with E-state index in [1.807, 2.05) is 36.4 Å². The second-order valence-electron chi connectivity index (χ2n) is 9.34. The van der Waals surface area contributed by atoms with Crippen molar-refractivity contribution in [2.45, 2.75) is 50.5 Å². The van der Waals surface area contributed by atoms with E-state index in [1.54, 1.807) is 0 Å². The second kappa shape index (κ2) is 9.07. The molecule has 0 radical (unpaired) electrons. The third kappa shape index (κ3) is 4.70. The standard InChI is InChI=1S/C24H29N3O.2ClH/c25-20-7-5-16(6-8-20)12-23(28)26-21-3-1-2-4-22(21)27-24-13-17-9-18(14-24)11-19(10-17)15-24;;/h1-8,17-19,27H,9-15,25H2,(H,26,28);2*1H. The molecule has 6 heteroatoms. The van der Waals surface area contributed by atoms with Gasteiger partial charge in [0, 0.05) is 11.2 Å². The van der Waals surface area contributed by atoms with Gasteiger partial charge in [0.1, 0.15) is 0 Å². The Kier molecular flexibility index (Phi) is 6.88. The first-order valence-corrected chi connectivity index (χ1v) is 10.6. The number of anilines is 3. The average Bonchev–Trinajstić information content (AvgIpc) is 2.64. The first-order valence-electron chi connectivity index (χ1n) is 10.6. The van der Waals surface area contributed by atoms with Crippen molar-refractivity contribution >= 4 is 47.8 Å². The van der Waals surface area contributed by atoms with Gasteiger partial charge in [-0.2, -0.15) is 0 Å². The van der Waals surface area contributed by atoms with E-state index in [2.05, 4.69) is 22.8 Å². The quantitative estimate of drug-likeness (QED) is 0.516. The Hall–Kier alpha value is -1.91. The zero-order valence-corrected chi connectivity index (χ0v) is 18.7. The van der Waals surface area contributed by atoms with Crippen LogP contribution in [0, 0.1) is 17.8 Å². The first kappa shape index (κ1) is 22.8. The number of benzene rings is 2. The van der Waals surface area contributed by atoms with E-state index in [0.29, 0.717) is 12.1 Å². The molecule has 30 heavy (non-hydrogen) atoms. The lowest BCUT2D eigenvalue weighted by molar-refractivity contribution is -0.115. The summed E-state index contributed by atoms with van der Waals surface area (Å²) in [4.78, 5) is 12.6. The minimum Gasteiger partial charge on any atom is -0.399 e. The molecule has 0 unspecified atom stereocenters. The fourth-order valence-electron chi connectivity index (χ4n) is 6.27. The molecule has 0 spiro atoms. The summed E-state index contributed by atoms with van der Waals surface area (Å²) >= 11 is 0. The topological polar surface area (TPSA) is 67.2 Å². The predicted octanol–water partition coefficient (Wildman–Crippen LogP) is 5.67. The number of rotatable bonds is 5. The monoisotopic (exact) mass is 447 g/mol. The van der Waals surface area contributed by atoms with E-state index in [9.17, 15) is 4.79 Å². The molecule has 1 amide bonds. The minimum atomic E-state index is 0. The zero-order chi connectivity index (χ0) is 19.1. The Labute approximate surface area is 191 Å². The lowest BCUT2D eigenvalue weighted by Crippen LogP contribution is -2.54. The number of hydrogen-bond acceptors (Lipinski definition) is 3. The summed E-state index contributed by atoms with van der Waals surface area (Å²) in [6, 6.07) is 15.7. The Balaban J connectivity index is 0.00000128. The largest absolute Gasteiger partial charge is 0.399 e. The van der Waals surface area contributed by atoms with Crippen molar-refractivity contribution in [2.24, 2.45) is 17.8 Å². The maximum absolute atomic E-state index is 12.6. The number of amides is 1. The van der Waals surface area contributed by atoms with Crippen LogP contribution in [0.2, 0.25) is 0 Å². The predicted molar refractivity (Wildman–Crippen MR) is 129 cm³/mol. The van der Waals surface area contributed by atoms with Gasteiger partial charge in [-0.25, -0.2) is 0 Å². The number of halogens is 2. The van der Waals surface area contributed by atoms with E-state index in [1.165, 1.54) is 38.5 Å². The van der Waals surface area contributed by atoms with Crippen LogP contribution in [0.4, 0.5) is 17.1 Å². The zero-order valence-electron chi connectivity index (χ0n) is 17.1. The molecule has 0 aliphatic heterocycles. The van der Waals surface area contributed by atoms with Crippen molar-refractivity contribution in [1.82, 2.24) is 0 Å². The van der Waals surface area contributed by atoms with Gasteiger partial charge in [-0.05, 0) is 86.1 Å². The second-order valence-corrected chi connectivity index (χ2v) is 9.34. The molecule has 4 fully saturated rings. The van der Waals surface area contributed by atoms with Crippen molar-refractivity contribution in [3.8, 4) is 0 Å². The lowest BCUT2D eigenvalue weighted by Gasteiger charge is -2.57. The van der Waals surface area contributed by atoms with Crippen LogP contribution in [0.25, 0.3) is 0 Å². The van der Waals surface area contributed by atoms with Crippen molar-refractivity contribution in [3.05, 3.63) is 54.1 Å². The number of nitrogens with two attached hydrogens (primary N) is 1. The molecule has 0 heterocycles. The highest BCUT2D eigenvalue weighted by atomic mass is 35.5. The summed E-state index contributed by atoms with van der Waals surface area (Å²) in [5.74, 6) is 2.69. The van der Waals surface area contributed by atoms with Crippen molar-refractivity contribution < 1.29 is 4.79 Å². The summed E-state index contributed by atoms with van der Waals surface area (Å²) in [5.41, 5.74) is 9.60. The number of carbonyl (C=O) groups excluding carboxylic acids is 1. The molecular formula is C24H31Cl2N3O. The van der Waals surface area contributed by atoms with Gasteiger partial charge in [-0.3, -0.25) is 4.79 Å². The Bertz CT molecular complexity index is 849. The lowest BCUT2D eigenvalue weighted by atomic mass is 9.53. The molecule has 4 N–H and O–H groups in total. The summed E-state index contributed by atoms with van der Waals surface area (Å²) in [5, 5.41) is 7.02. The smallest absolute Gasteiger partial charge is 0.228 e. The molecular weight excluding hydrogens is 417 g/mol. The first-order chi connectivity index (χ1) is 13.6. The van der Waals surface area contributed by atoms with Crippen LogP contribution in [0.1, 0.15) is 44.1 Å². The van der Waals surface area contributed by atoms with E-state index >= 15 is 0 Å². The maximum Gasteiger partial charge on any atom is 0.228 e. The molecule has 0 aromatic heterocycles.